The van der Waals surface area contributed by atoms with E-state index in [1.807, 2.05) is 12.1 Å². The predicted octanol–water partition coefficient (Wildman–Crippen LogP) is 3.34. The van der Waals surface area contributed by atoms with Crippen LogP contribution in [-0.4, -0.2) is 27.1 Å². The molecule has 1 amide bonds. The van der Waals surface area contributed by atoms with Crippen molar-refractivity contribution in [3.63, 3.8) is 0 Å². The fraction of sp³-hybridized carbons (Fsp3) is 0.188. The molecule has 5 nitrogen and oxygen atoms in total. The Morgan fingerprint density at radius 3 is 2.33 bits per heavy atom. The van der Waals surface area contributed by atoms with E-state index in [1.54, 1.807) is 12.1 Å². The number of sulfonamides is 1. The molecule has 2 aromatic carbocycles. The van der Waals surface area contributed by atoms with Gasteiger partial charge in [0.2, 0.25) is 10.0 Å². The molecule has 0 spiro atoms. The van der Waals surface area contributed by atoms with E-state index in [4.69, 9.17) is 23.2 Å². The molecular weight excluding hydrogens is 371 g/mol. The summed E-state index contributed by atoms with van der Waals surface area (Å²) in [4.78, 5) is 12.2. The van der Waals surface area contributed by atoms with Crippen LogP contribution in [0.3, 0.4) is 0 Å². The van der Waals surface area contributed by atoms with Crippen LogP contribution in [-0.2, 0) is 16.4 Å². The molecular formula is C16H16Cl2N2O3S. The summed E-state index contributed by atoms with van der Waals surface area (Å²) < 4.78 is 24.7. The summed E-state index contributed by atoms with van der Waals surface area (Å²) in [5.74, 6) is -0.320. The number of halogens is 2. The molecule has 0 aromatic heterocycles. The third-order valence-electron chi connectivity index (χ3n) is 3.13. The second-order valence-corrected chi connectivity index (χ2v) is 7.79. The molecule has 0 unspecified atom stereocenters. The molecule has 8 heteroatoms. The molecule has 0 aliphatic carbocycles. The van der Waals surface area contributed by atoms with Gasteiger partial charge in [-0.2, -0.15) is 0 Å². The van der Waals surface area contributed by atoms with E-state index in [-0.39, 0.29) is 16.5 Å². The van der Waals surface area contributed by atoms with Gasteiger partial charge in [-0.3, -0.25) is 9.52 Å². The Bertz CT molecular complexity index is 837. The summed E-state index contributed by atoms with van der Waals surface area (Å²) in [6, 6.07) is 11.7. The lowest BCUT2D eigenvalue weighted by Gasteiger charge is -2.09. The fourth-order valence-corrected chi connectivity index (χ4v) is 2.99. The molecule has 0 radical (unpaired) electrons. The molecule has 0 fully saturated rings. The second kappa shape index (κ2) is 7.88. The van der Waals surface area contributed by atoms with Crippen molar-refractivity contribution < 1.29 is 13.2 Å². The normalized spacial score (nSPS) is 11.1. The first-order chi connectivity index (χ1) is 11.2. The summed E-state index contributed by atoms with van der Waals surface area (Å²) in [5.41, 5.74) is 1.64. The van der Waals surface area contributed by atoms with Crippen molar-refractivity contribution in [3.05, 3.63) is 63.6 Å². The average molecular weight is 387 g/mol. The largest absolute Gasteiger partial charge is 0.352 e. The Labute approximate surface area is 151 Å². The minimum absolute atomic E-state index is 0.174. The number of hydrogen-bond donors (Lipinski definition) is 2. The lowest BCUT2D eigenvalue weighted by Crippen LogP contribution is -2.26. The van der Waals surface area contributed by atoms with Crippen molar-refractivity contribution in [1.29, 1.82) is 0 Å². The molecule has 0 heterocycles. The Hall–Kier alpha value is -1.76. The fourth-order valence-electron chi connectivity index (χ4n) is 2.04. The molecule has 2 aromatic rings. The summed E-state index contributed by atoms with van der Waals surface area (Å²) in [5, 5.41) is 3.61. The number of rotatable bonds is 6. The van der Waals surface area contributed by atoms with Gasteiger partial charge in [0.15, 0.2) is 0 Å². The van der Waals surface area contributed by atoms with Gasteiger partial charge in [0, 0.05) is 17.3 Å². The predicted molar refractivity (Wildman–Crippen MR) is 97.4 cm³/mol. The second-order valence-electron chi connectivity index (χ2n) is 5.20. The van der Waals surface area contributed by atoms with Crippen LogP contribution >= 0.6 is 23.2 Å². The zero-order chi connectivity index (χ0) is 17.7. The quantitative estimate of drug-likeness (QED) is 0.799. The van der Waals surface area contributed by atoms with Crippen LogP contribution in [0, 0.1) is 0 Å². The third-order valence-corrected chi connectivity index (χ3v) is 4.30. The Balaban J connectivity index is 1.95. The topological polar surface area (TPSA) is 75.3 Å². The third kappa shape index (κ3) is 5.70. The van der Waals surface area contributed by atoms with Gasteiger partial charge in [-0.15, -0.1) is 0 Å². The molecule has 2 rings (SSSR count). The minimum atomic E-state index is -3.39. The maximum Gasteiger partial charge on any atom is 0.252 e. The van der Waals surface area contributed by atoms with Gasteiger partial charge in [-0.05, 0) is 42.3 Å². The highest BCUT2D eigenvalue weighted by atomic mass is 35.5. The van der Waals surface area contributed by atoms with Gasteiger partial charge in [0.05, 0.1) is 16.8 Å². The zero-order valence-corrected chi connectivity index (χ0v) is 15.2. The highest BCUT2D eigenvalue weighted by molar-refractivity contribution is 7.92. The molecule has 0 bridgehead atoms. The number of benzene rings is 2. The van der Waals surface area contributed by atoms with Crippen LogP contribution < -0.4 is 10.0 Å². The Morgan fingerprint density at radius 2 is 1.75 bits per heavy atom. The van der Waals surface area contributed by atoms with Gasteiger partial charge in [-0.1, -0.05) is 35.3 Å². The molecule has 24 heavy (non-hydrogen) atoms. The molecule has 0 saturated carbocycles. The van der Waals surface area contributed by atoms with E-state index in [1.165, 1.54) is 18.2 Å². The maximum absolute atomic E-state index is 12.2. The van der Waals surface area contributed by atoms with Crippen molar-refractivity contribution >= 4 is 44.8 Å². The standard InChI is InChI=1S/C16H16Cl2N2O3S/c1-24(22,23)20-13-6-7-14(15(18)10-13)16(21)19-9-8-11-2-4-12(17)5-3-11/h2-7,10,20H,8-9H2,1H3,(H,19,21). The van der Waals surface area contributed by atoms with Crippen molar-refractivity contribution in [2.75, 3.05) is 17.5 Å². The first-order valence-electron chi connectivity index (χ1n) is 7.04. The van der Waals surface area contributed by atoms with Crippen LogP contribution in [0.4, 0.5) is 5.69 Å². The SMILES string of the molecule is CS(=O)(=O)Nc1ccc(C(=O)NCCc2ccc(Cl)cc2)c(Cl)c1. The number of anilines is 1. The maximum atomic E-state index is 12.2. The summed E-state index contributed by atoms with van der Waals surface area (Å²) >= 11 is 11.9. The van der Waals surface area contributed by atoms with Gasteiger partial charge in [0.1, 0.15) is 0 Å². The van der Waals surface area contributed by atoms with E-state index in [0.29, 0.717) is 23.7 Å². The average Bonchev–Trinajstić information content (AvgIpc) is 2.47. The van der Waals surface area contributed by atoms with Crippen molar-refractivity contribution in [2.45, 2.75) is 6.42 Å². The van der Waals surface area contributed by atoms with Gasteiger partial charge in [-0.25, -0.2) is 8.42 Å². The number of carbonyl (C=O) groups excluding carboxylic acids is 1. The van der Waals surface area contributed by atoms with Crippen LogP contribution in [0.1, 0.15) is 15.9 Å². The number of carbonyl (C=O) groups is 1. The van der Waals surface area contributed by atoms with E-state index < -0.39 is 10.0 Å². The van der Waals surface area contributed by atoms with Gasteiger partial charge < -0.3 is 5.32 Å². The number of nitrogens with one attached hydrogen (secondary N) is 2. The Morgan fingerprint density at radius 1 is 1.08 bits per heavy atom. The summed E-state index contributed by atoms with van der Waals surface area (Å²) in [6.07, 6.45) is 1.70. The zero-order valence-electron chi connectivity index (χ0n) is 12.8. The lowest BCUT2D eigenvalue weighted by atomic mass is 10.1. The molecule has 2 N–H and O–H groups in total. The highest BCUT2D eigenvalue weighted by Gasteiger charge is 2.12. The van der Waals surface area contributed by atoms with E-state index in [2.05, 4.69) is 10.0 Å². The van der Waals surface area contributed by atoms with Crippen LogP contribution in [0.2, 0.25) is 10.0 Å². The smallest absolute Gasteiger partial charge is 0.252 e. The van der Waals surface area contributed by atoms with Crippen molar-refractivity contribution in [2.24, 2.45) is 0 Å². The summed E-state index contributed by atoms with van der Waals surface area (Å²) in [7, 11) is -3.39. The molecule has 0 saturated heterocycles. The van der Waals surface area contributed by atoms with E-state index in [9.17, 15) is 13.2 Å². The van der Waals surface area contributed by atoms with Crippen molar-refractivity contribution in [3.8, 4) is 0 Å². The monoisotopic (exact) mass is 386 g/mol. The molecule has 0 aliphatic rings. The van der Waals surface area contributed by atoms with Crippen LogP contribution in [0.15, 0.2) is 42.5 Å². The first-order valence-corrected chi connectivity index (χ1v) is 9.69. The minimum Gasteiger partial charge on any atom is -0.352 e. The molecule has 128 valence electrons. The van der Waals surface area contributed by atoms with E-state index in [0.717, 1.165) is 11.8 Å². The summed E-state index contributed by atoms with van der Waals surface area (Å²) in [6.45, 7) is 0.445. The highest BCUT2D eigenvalue weighted by Crippen LogP contribution is 2.21. The van der Waals surface area contributed by atoms with Crippen molar-refractivity contribution in [1.82, 2.24) is 5.32 Å². The Kier molecular flexibility index (Phi) is 6.10. The number of hydrogen-bond acceptors (Lipinski definition) is 3. The van der Waals surface area contributed by atoms with Gasteiger partial charge >= 0.3 is 0 Å². The number of amides is 1. The lowest BCUT2D eigenvalue weighted by molar-refractivity contribution is 0.0954. The van der Waals surface area contributed by atoms with Gasteiger partial charge in [0.25, 0.3) is 5.91 Å². The van der Waals surface area contributed by atoms with E-state index >= 15 is 0 Å². The molecule has 0 atom stereocenters. The molecule has 0 aliphatic heterocycles. The van der Waals surface area contributed by atoms with Crippen LogP contribution in [0.5, 0.6) is 0 Å². The first kappa shape index (κ1) is 18.6. The van der Waals surface area contributed by atoms with Crippen LogP contribution in [0.25, 0.3) is 0 Å².